The average Bonchev–Trinajstić information content (AvgIpc) is 4.39. The quantitative estimate of drug-likeness (QED) is 0.0183. The lowest BCUT2D eigenvalue weighted by molar-refractivity contribution is -0.147. The number of H-pyrrole nitrogens is 2. The summed E-state index contributed by atoms with van der Waals surface area (Å²) in [5, 5.41) is 35.5. The molecule has 2 aliphatic heterocycles. The number of nitrogens with zero attached hydrogens (tertiary/aromatic N) is 2. The Balaban J connectivity index is 1.01. The van der Waals surface area contributed by atoms with Crippen LogP contribution in [0.4, 0.5) is 0 Å². The second kappa shape index (κ2) is 25.1. The largest absolute Gasteiger partial charge is 0.494 e. The number of carbonyl (C=O) groups is 5. The lowest BCUT2D eigenvalue weighted by Gasteiger charge is -2.19. The van der Waals surface area contributed by atoms with Gasteiger partial charge in [-0.2, -0.15) is 0 Å². The third kappa shape index (κ3) is 13.8. The number of benzene rings is 4. The third-order valence-corrected chi connectivity index (χ3v) is 13.8. The number of guanidine groups is 1. The van der Waals surface area contributed by atoms with Crippen molar-refractivity contribution >= 4 is 82.0 Å². The fourth-order valence-electron chi connectivity index (χ4n) is 9.70. The number of nitrogens with one attached hydrogen (secondary N) is 7. The first kappa shape index (κ1) is 55.6. The van der Waals surface area contributed by atoms with E-state index in [0.717, 1.165) is 106 Å². The van der Waals surface area contributed by atoms with Gasteiger partial charge in [0, 0.05) is 57.3 Å². The van der Waals surface area contributed by atoms with Gasteiger partial charge >= 0.3 is 11.9 Å². The number of hydrogen-bond donors (Lipinski definition) is 10. The molecule has 18 heteroatoms. The number of aromatic amines is 2. The van der Waals surface area contributed by atoms with Gasteiger partial charge in [0.05, 0.1) is 42.3 Å². The molecule has 0 radical (unpaired) electrons. The molecule has 11 N–H and O–H groups in total. The predicted molar refractivity (Wildman–Crippen MR) is 315 cm³/mol. The van der Waals surface area contributed by atoms with Gasteiger partial charge in [-0.05, 0) is 123 Å². The second-order valence-corrected chi connectivity index (χ2v) is 20.0. The van der Waals surface area contributed by atoms with Crippen LogP contribution in [0.2, 0.25) is 0 Å². The molecule has 0 aliphatic carbocycles. The summed E-state index contributed by atoms with van der Waals surface area (Å²) in [5.41, 5.74) is 23.1. The van der Waals surface area contributed by atoms with Crippen molar-refractivity contribution in [3.8, 4) is 50.3 Å². The highest BCUT2D eigenvalue weighted by molar-refractivity contribution is 6.00. The van der Waals surface area contributed by atoms with Crippen molar-refractivity contribution in [2.75, 3.05) is 19.7 Å². The maximum absolute atomic E-state index is 13.2. The third-order valence-electron chi connectivity index (χ3n) is 13.8. The first-order valence-electron chi connectivity index (χ1n) is 26.6. The molecular formula is C63H62N10O8. The van der Waals surface area contributed by atoms with E-state index in [1.54, 1.807) is 0 Å². The summed E-state index contributed by atoms with van der Waals surface area (Å²) < 4.78 is 6.14. The molecule has 2 unspecified atom stereocenters. The summed E-state index contributed by atoms with van der Waals surface area (Å²) in [6.07, 6.45) is 8.11. The van der Waals surface area contributed by atoms with Crippen molar-refractivity contribution in [3.05, 3.63) is 161 Å². The van der Waals surface area contributed by atoms with E-state index in [0.29, 0.717) is 12.2 Å². The van der Waals surface area contributed by atoms with Crippen LogP contribution in [0.5, 0.6) is 5.75 Å². The number of amides is 3. The van der Waals surface area contributed by atoms with E-state index in [-0.39, 0.29) is 38.4 Å². The van der Waals surface area contributed by atoms with E-state index in [2.05, 4.69) is 167 Å². The summed E-state index contributed by atoms with van der Waals surface area (Å²) in [5.74, 6) is -4.80. The minimum absolute atomic E-state index is 0.0116. The van der Waals surface area contributed by atoms with E-state index in [1.807, 2.05) is 30.3 Å². The number of carboxylic acids is 2. The van der Waals surface area contributed by atoms with Gasteiger partial charge in [0.15, 0.2) is 5.96 Å². The zero-order valence-electron chi connectivity index (χ0n) is 45.0. The lowest BCUT2D eigenvalue weighted by atomic mass is 10.0. The highest BCUT2D eigenvalue weighted by atomic mass is 16.5. The maximum Gasteiger partial charge on any atom is 0.326 e. The number of aromatic nitrogens is 4. The van der Waals surface area contributed by atoms with Crippen LogP contribution in [0, 0.1) is 26.2 Å². The summed E-state index contributed by atoms with van der Waals surface area (Å²) in [4.78, 5) is 79.8. The standard InChI is InChI=1S/C63H62N10O8/c1-36-8-14-39(15-9-36)57-44-24-26-46(68-44)58(40-16-10-37(2)11-17-40)48-28-30-50(70-48)60(51-31-29-49(71-51)59(47-27-25-45(57)69-47)41-18-12-38(3)13-19-41)42-20-22-43(23-21-42)81-33-5-7-54(74)72-52(6-4-32-66-63(64)65)61(78)67-35-55(75)73-53(62(79)80)34-56(76)77/h8-31,52-53,68,71H,4-7,32-35H2,1-3H3,(H,67,78)(H,72,74)(H,73,75)(H,76,77)(H,79,80)(H4,64,65,66). The first-order valence-corrected chi connectivity index (χ1v) is 26.6. The second-order valence-electron chi connectivity index (χ2n) is 20.0. The van der Waals surface area contributed by atoms with Crippen LogP contribution < -0.4 is 31.7 Å². The summed E-state index contributed by atoms with van der Waals surface area (Å²) >= 11 is 0. The number of hydrogen-bond acceptors (Lipinski definition) is 9. The van der Waals surface area contributed by atoms with Gasteiger partial charge in [-0.15, -0.1) is 0 Å². The van der Waals surface area contributed by atoms with Crippen LogP contribution >= 0.6 is 0 Å². The number of aryl methyl sites for hydroxylation is 3. The Bertz CT molecular complexity index is 3730. The fraction of sp³-hybridized carbons (Fsp3) is 0.206. The van der Waals surface area contributed by atoms with Crippen molar-refractivity contribution in [2.24, 2.45) is 5.73 Å². The van der Waals surface area contributed by atoms with Crippen LogP contribution in [0.3, 0.4) is 0 Å². The molecule has 7 aromatic rings. The van der Waals surface area contributed by atoms with Crippen LogP contribution in [-0.2, 0) is 24.0 Å². The van der Waals surface area contributed by atoms with Gasteiger partial charge in [-0.3, -0.25) is 24.6 Å². The van der Waals surface area contributed by atoms with Gasteiger partial charge in [0.2, 0.25) is 17.7 Å². The molecule has 0 fully saturated rings. The Morgan fingerprint density at radius 1 is 0.556 bits per heavy atom. The molecule has 3 amide bonds. The normalized spacial score (nSPS) is 12.3. The van der Waals surface area contributed by atoms with E-state index in [1.165, 1.54) is 0 Å². The SMILES string of the molecule is Cc1ccc(-c2c3nc(c(-c4ccc(C)cc4)c4ccc([nH]4)c(-c4ccc(OCCCC(=O)NC(CCCNC(=N)N)C(=O)NCC(=O)NC(CC(=O)O)C(=O)O)cc4)c4nc(c(-c5ccc(C)cc5)c5ccc2[nH]5)C=C4)C=C3)cc1. The molecule has 3 aromatic heterocycles. The fourth-order valence-corrected chi connectivity index (χ4v) is 9.70. The molecule has 4 aromatic carbocycles. The number of nitrogens with two attached hydrogens (primary N) is 1. The smallest absolute Gasteiger partial charge is 0.326 e. The first-order chi connectivity index (χ1) is 39.1. The van der Waals surface area contributed by atoms with Crippen LogP contribution in [0.25, 0.3) is 90.9 Å². The van der Waals surface area contributed by atoms with Crippen LogP contribution in [0.1, 0.15) is 71.6 Å². The zero-order chi connectivity index (χ0) is 57.2. The molecular weight excluding hydrogens is 1020 g/mol. The molecule has 81 heavy (non-hydrogen) atoms. The number of fused-ring (bicyclic) bond motifs is 8. The van der Waals surface area contributed by atoms with Crippen molar-refractivity contribution < 1.29 is 38.9 Å². The highest BCUT2D eigenvalue weighted by Gasteiger charge is 2.26. The lowest BCUT2D eigenvalue weighted by Crippen LogP contribution is -2.51. The Kier molecular flexibility index (Phi) is 17.3. The number of aliphatic carboxylic acids is 2. The molecule has 5 heterocycles. The summed E-state index contributed by atoms with van der Waals surface area (Å²) in [7, 11) is 0. The maximum atomic E-state index is 13.2. The van der Waals surface area contributed by atoms with E-state index in [4.69, 9.17) is 31.0 Å². The average molecular weight is 1090 g/mol. The Labute approximate surface area is 467 Å². The molecule has 412 valence electrons. The van der Waals surface area contributed by atoms with E-state index >= 15 is 0 Å². The Hall–Kier alpha value is -10.1. The topological polar surface area (TPSA) is 290 Å². The van der Waals surface area contributed by atoms with E-state index < -0.39 is 54.7 Å². The minimum Gasteiger partial charge on any atom is -0.494 e. The molecule has 18 nitrogen and oxygen atoms in total. The number of carbonyl (C=O) groups excluding carboxylic acids is 3. The predicted octanol–water partition coefficient (Wildman–Crippen LogP) is 9.32. The van der Waals surface area contributed by atoms with Crippen molar-refractivity contribution in [1.29, 1.82) is 5.41 Å². The molecule has 0 spiro atoms. The molecule has 0 saturated heterocycles. The minimum atomic E-state index is -1.70. The number of ether oxygens (including phenoxy) is 1. The molecule has 2 aliphatic rings. The monoisotopic (exact) mass is 1090 g/mol. The van der Waals surface area contributed by atoms with Gasteiger partial charge in [0.25, 0.3) is 0 Å². The Morgan fingerprint density at radius 2 is 0.963 bits per heavy atom. The molecule has 9 rings (SSSR count). The van der Waals surface area contributed by atoms with Crippen LogP contribution in [-0.4, -0.2) is 97.5 Å². The summed E-state index contributed by atoms with van der Waals surface area (Å²) in [6.45, 7) is 5.95. The van der Waals surface area contributed by atoms with Gasteiger partial charge < -0.3 is 51.9 Å². The Morgan fingerprint density at radius 3 is 1.36 bits per heavy atom. The van der Waals surface area contributed by atoms with Gasteiger partial charge in [0.1, 0.15) is 17.8 Å². The molecule has 2 atom stereocenters. The molecule has 0 saturated carbocycles. The van der Waals surface area contributed by atoms with Gasteiger partial charge in [-0.25, -0.2) is 14.8 Å². The van der Waals surface area contributed by atoms with Crippen molar-refractivity contribution in [2.45, 2.75) is 65.0 Å². The highest BCUT2D eigenvalue weighted by Crippen LogP contribution is 2.39. The summed E-state index contributed by atoms with van der Waals surface area (Å²) in [6, 6.07) is 38.7. The van der Waals surface area contributed by atoms with Gasteiger partial charge in [-0.1, -0.05) is 102 Å². The van der Waals surface area contributed by atoms with E-state index in [9.17, 15) is 29.1 Å². The molecule has 8 bridgehead atoms. The van der Waals surface area contributed by atoms with Crippen LogP contribution in [0.15, 0.2) is 121 Å². The number of rotatable bonds is 21. The van der Waals surface area contributed by atoms with Crippen molar-refractivity contribution in [3.63, 3.8) is 0 Å². The van der Waals surface area contributed by atoms with Crippen molar-refractivity contribution in [1.82, 2.24) is 41.2 Å². The zero-order valence-corrected chi connectivity index (χ0v) is 45.0. The number of carboxylic acid groups (broad SMARTS) is 2.